The molecule has 1 aliphatic rings. The van der Waals surface area contributed by atoms with Gasteiger partial charge in [0.1, 0.15) is 29.8 Å². The van der Waals surface area contributed by atoms with Crippen LogP contribution >= 0.6 is 11.8 Å². The van der Waals surface area contributed by atoms with Crippen LogP contribution in [0.2, 0.25) is 25.7 Å². The molecule has 0 bridgehead atoms. The number of ether oxygens (including phenoxy) is 10. The second-order valence-electron chi connectivity index (χ2n) is 25.8. The standard InChI is InChI=1S/C68H103F2N7O18SSi/c1-67(2,3)64(57-44-52(54-45-53(69)16-17-55(54)70)47-75(57)46-51-14-11-10-12-15-51)76(25-13-22-73-66(85)94-42-43-97(7,8)9)62(82)50-96-49-56(65(84)72-24-29-89-33-37-93-41-39-91-35-31-87-27-21-63(83)95-68(4,5)6)74-58(78)20-26-86-30-34-90-38-40-92-36-32-88-28-23-71-59(79)48-77-60(80)18-19-61(77)81/h10-12,14-19,44-45,47,56,64H,13,20-43,46,48-50H2,1-9H3,(H,71,79)(H,72,84)(H,73,85)(H,74,78)/t56-,64-/m0/s1. The fourth-order valence-electron chi connectivity index (χ4n) is 9.40. The van der Waals surface area contributed by atoms with Crippen molar-refractivity contribution in [1.29, 1.82) is 0 Å². The maximum Gasteiger partial charge on any atom is 0.407 e. The number of nitrogens with one attached hydrogen (secondary N) is 4. The van der Waals surface area contributed by atoms with Crippen molar-refractivity contribution in [2.24, 2.45) is 5.41 Å². The van der Waals surface area contributed by atoms with E-state index in [0.717, 1.165) is 58.6 Å². The van der Waals surface area contributed by atoms with Crippen LogP contribution < -0.4 is 21.3 Å². The molecule has 1 aliphatic heterocycles. The van der Waals surface area contributed by atoms with Crippen LogP contribution in [-0.4, -0.2) is 238 Å². The summed E-state index contributed by atoms with van der Waals surface area (Å²) in [7, 11) is -1.48. The minimum Gasteiger partial charge on any atom is -0.460 e. The molecule has 2 aromatic carbocycles. The summed E-state index contributed by atoms with van der Waals surface area (Å²) in [6.07, 6.45) is 3.78. The van der Waals surface area contributed by atoms with E-state index in [9.17, 15) is 38.0 Å². The Morgan fingerprint density at radius 2 is 1.18 bits per heavy atom. The van der Waals surface area contributed by atoms with Crippen molar-refractivity contribution in [1.82, 2.24) is 35.6 Å². The fraction of sp³-hybridized carbons (Fsp3) is 0.618. The first-order chi connectivity index (χ1) is 46.2. The van der Waals surface area contributed by atoms with Gasteiger partial charge in [-0.05, 0) is 68.5 Å². The zero-order valence-electron chi connectivity index (χ0n) is 57.9. The van der Waals surface area contributed by atoms with Gasteiger partial charge in [-0.15, -0.1) is 11.8 Å². The van der Waals surface area contributed by atoms with E-state index in [4.69, 9.17) is 47.4 Å². The molecule has 0 radical (unpaired) electrons. The van der Waals surface area contributed by atoms with E-state index < -0.39 is 78.4 Å². The molecule has 4 N–H and O–H groups in total. The largest absolute Gasteiger partial charge is 0.460 e. The second-order valence-corrected chi connectivity index (χ2v) is 32.5. The number of aromatic nitrogens is 1. The third-order valence-electron chi connectivity index (χ3n) is 14.1. The van der Waals surface area contributed by atoms with Crippen LogP contribution in [-0.2, 0) is 87.5 Å². The van der Waals surface area contributed by atoms with Crippen molar-refractivity contribution in [3.63, 3.8) is 0 Å². The zero-order chi connectivity index (χ0) is 71.1. The summed E-state index contributed by atoms with van der Waals surface area (Å²) in [5.74, 6) is -4.59. The summed E-state index contributed by atoms with van der Waals surface area (Å²) in [5.41, 5.74) is 0.812. The quantitative estimate of drug-likeness (QED) is 0.0203. The van der Waals surface area contributed by atoms with Crippen LogP contribution in [0.1, 0.15) is 78.1 Å². The normalized spacial score (nSPS) is 13.2. The van der Waals surface area contributed by atoms with Gasteiger partial charge in [-0.1, -0.05) is 70.7 Å². The molecule has 3 aromatic rings. The molecule has 97 heavy (non-hydrogen) atoms. The molecule has 2 heterocycles. The number of hydrogen-bond acceptors (Lipinski definition) is 19. The summed E-state index contributed by atoms with van der Waals surface area (Å²) in [6, 6.07) is 13.7. The SMILES string of the molecule is CC(C)(C)OC(=O)CCOCCOCCOCCOCCNC(=O)[C@H](CSCC(=O)N(CCCNC(=O)OCC[Si](C)(C)C)[C@@H](c1cc(-c2cc(F)ccc2F)cn1Cc1ccccc1)C(C)(C)C)NC(=O)CCOCCOCCOCCOCCNC(=O)CN1C(=O)C=CC1=O. The maximum absolute atomic E-state index is 15.6. The lowest BCUT2D eigenvalue weighted by atomic mass is 9.83. The summed E-state index contributed by atoms with van der Waals surface area (Å²) in [6.45, 7) is 22.5. The number of nitrogens with zero attached hydrogens (tertiary/aromatic N) is 3. The second kappa shape index (κ2) is 45.1. The van der Waals surface area contributed by atoms with Crippen LogP contribution in [0.25, 0.3) is 11.1 Å². The highest BCUT2D eigenvalue weighted by atomic mass is 32.2. The molecule has 29 heteroatoms. The number of hydrogen-bond donors (Lipinski definition) is 4. The lowest BCUT2D eigenvalue weighted by molar-refractivity contribution is -0.156. The smallest absolute Gasteiger partial charge is 0.407 e. The Balaban J connectivity index is 1.35. The highest BCUT2D eigenvalue weighted by Crippen LogP contribution is 2.41. The van der Waals surface area contributed by atoms with E-state index in [1.54, 1.807) is 37.9 Å². The van der Waals surface area contributed by atoms with Crippen molar-refractivity contribution in [2.45, 2.75) is 111 Å². The minimum absolute atomic E-state index is 0.0107. The van der Waals surface area contributed by atoms with Gasteiger partial charge < -0.3 is 78.1 Å². The lowest BCUT2D eigenvalue weighted by Gasteiger charge is -2.41. The number of thioether (sulfide) groups is 1. The molecule has 7 amide bonds. The molecule has 0 saturated heterocycles. The van der Waals surface area contributed by atoms with Crippen molar-refractivity contribution in [3.05, 3.63) is 95.8 Å². The molecule has 0 unspecified atom stereocenters. The van der Waals surface area contributed by atoms with Crippen molar-refractivity contribution in [3.8, 4) is 11.1 Å². The lowest BCUT2D eigenvalue weighted by Crippen LogP contribution is -2.49. The Morgan fingerprint density at radius 1 is 0.629 bits per heavy atom. The van der Waals surface area contributed by atoms with Crippen LogP contribution in [0.5, 0.6) is 0 Å². The van der Waals surface area contributed by atoms with E-state index >= 15 is 9.18 Å². The molecular weight excluding hydrogens is 1300 g/mol. The van der Waals surface area contributed by atoms with E-state index in [-0.39, 0.29) is 160 Å². The van der Waals surface area contributed by atoms with Gasteiger partial charge in [-0.3, -0.25) is 38.5 Å². The van der Waals surface area contributed by atoms with Gasteiger partial charge in [-0.25, -0.2) is 13.6 Å². The van der Waals surface area contributed by atoms with Gasteiger partial charge in [0.25, 0.3) is 11.8 Å². The first kappa shape index (κ1) is 82.7. The van der Waals surface area contributed by atoms with Crippen LogP contribution in [0.4, 0.5) is 13.6 Å². The Morgan fingerprint density at radius 3 is 1.73 bits per heavy atom. The summed E-state index contributed by atoms with van der Waals surface area (Å²) in [4.78, 5) is 105. The molecule has 25 nitrogen and oxygen atoms in total. The number of amides is 7. The molecule has 1 aromatic heterocycles. The predicted octanol–water partition coefficient (Wildman–Crippen LogP) is 6.48. The molecule has 0 aliphatic carbocycles. The Labute approximate surface area is 574 Å². The molecule has 4 rings (SSSR count). The summed E-state index contributed by atoms with van der Waals surface area (Å²) in [5, 5.41) is 11.1. The molecule has 0 spiro atoms. The Bertz CT molecular complexity index is 2910. The van der Waals surface area contributed by atoms with Crippen LogP contribution in [0.3, 0.4) is 0 Å². The van der Waals surface area contributed by atoms with E-state index in [0.29, 0.717) is 50.7 Å². The maximum atomic E-state index is 15.6. The van der Waals surface area contributed by atoms with Gasteiger partial charge in [0.05, 0.1) is 131 Å². The molecule has 542 valence electrons. The molecular formula is C68H103F2N7O18SSi. The monoisotopic (exact) mass is 1400 g/mol. The number of halogens is 2. The average molecular weight is 1400 g/mol. The third-order valence-corrected chi connectivity index (χ3v) is 16.8. The van der Waals surface area contributed by atoms with Crippen molar-refractivity contribution >= 4 is 67.3 Å². The predicted molar refractivity (Wildman–Crippen MR) is 364 cm³/mol. The number of alkyl carbamates (subject to hydrolysis) is 1. The van der Waals surface area contributed by atoms with Crippen LogP contribution in [0, 0.1) is 17.0 Å². The topological polar surface area (TPSA) is 288 Å². The van der Waals surface area contributed by atoms with Gasteiger partial charge in [0, 0.05) is 88.1 Å². The number of carbonyl (C=O) groups excluding carboxylic acids is 8. The summed E-state index contributed by atoms with van der Waals surface area (Å²) >= 11 is 1.15. The fourth-order valence-corrected chi connectivity index (χ4v) is 11.0. The third kappa shape index (κ3) is 35.6. The molecule has 0 fully saturated rings. The first-order valence-electron chi connectivity index (χ1n) is 32.9. The number of benzene rings is 2. The number of carbonyl (C=O) groups is 8. The van der Waals surface area contributed by atoms with Crippen molar-refractivity contribution in [2.75, 3.05) is 157 Å². The van der Waals surface area contributed by atoms with E-state index in [1.165, 1.54) is 0 Å². The number of imide groups is 1. The Kier molecular flexibility index (Phi) is 38.5. The highest BCUT2D eigenvalue weighted by molar-refractivity contribution is 8.00. The van der Waals surface area contributed by atoms with E-state index in [1.807, 2.05) is 55.7 Å². The van der Waals surface area contributed by atoms with Gasteiger partial charge in [0.15, 0.2) is 0 Å². The number of rotatable bonds is 50. The minimum atomic E-state index is -1.48. The molecule has 2 atom stereocenters. The zero-order valence-corrected chi connectivity index (χ0v) is 59.8. The van der Waals surface area contributed by atoms with Gasteiger partial charge >= 0.3 is 12.1 Å². The molecule has 0 saturated carbocycles. The van der Waals surface area contributed by atoms with Gasteiger partial charge in [0.2, 0.25) is 23.6 Å². The number of esters is 1. The van der Waals surface area contributed by atoms with Crippen molar-refractivity contribution < 1.29 is 94.5 Å². The van der Waals surface area contributed by atoms with Gasteiger partial charge in [-0.2, -0.15) is 0 Å². The highest BCUT2D eigenvalue weighted by Gasteiger charge is 2.38. The summed E-state index contributed by atoms with van der Waals surface area (Å²) < 4.78 is 87.5. The average Bonchev–Trinajstić information content (AvgIpc) is 1.66. The van der Waals surface area contributed by atoms with E-state index in [2.05, 4.69) is 40.9 Å². The van der Waals surface area contributed by atoms with Crippen LogP contribution in [0.15, 0.2) is 72.9 Å². The Hall–Kier alpha value is -6.67. The first-order valence-corrected chi connectivity index (χ1v) is 37.7.